The summed E-state index contributed by atoms with van der Waals surface area (Å²) >= 11 is 0. The van der Waals surface area contributed by atoms with Crippen LogP contribution in [0.25, 0.3) is 0 Å². The lowest BCUT2D eigenvalue weighted by molar-refractivity contribution is -0.127. The molecule has 1 aliphatic heterocycles. The number of carbonyl (C=O) groups is 1. The van der Waals surface area contributed by atoms with E-state index in [2.05, 4.69) is 67.6 Å². The fourth-order valence-electron chi connectivity index (χ4n) is 4.08. The number of nitrogens with zero attached hydrogens (tertiary/aromatic N) is 2. The Morgan fingerprint density at radius 2 is 1.96 bits per heavy atom. The van der Waals surface area contributed by atoms with Crippen LogP contribution in [0.3, 0.4) is 0 Å². The van der Waals surface area contributed by atoms with Gasteiger partial charge in [0.15, 0.2) is 5.96 Å². The van der Waals surface area contributed by atoms with E-state index in [0.717, 1.165) is 38.6 Å². The quantitative estimate of drug-likeness (QED) is 0.506. The normalized spacial score (nSPS) is 18.1. The predicted molar refractivity (Wildman–Crippen MR) is 117 cm³/mol. The maximum absolute atomic E-state index is 12.3. The Hall–Kier alpha value is -2.04. The summed E-state index contributed by atoms with van der Waals surface area (Å²) in [6.45, 7) is 12.4. The van der Waals surface area contributed by atoms with E-state index >= 15 is 0 Å². The van der Waals surface area contributed by atoms with Gasteiger partial charge in [-0.1, -0.05) is 58.0 Å². The van der Waals surface area contributed by atoms with E-state index in [-0.39, 0.29) is 11.3 Å². The van der Waals surface area contributed by atoms with Crippen LogP contribution in [-0.2, 0) is 11.2 Å². The highest BCUT2D eigenvalue weighted by Gasteiger charge is 2.29. The van der Waals surface area contributed by atoms with E-state index < -0.39 is 0 Å². The second-order valence-corrected chi connectivity index (χ2v) is 9.21. The molecule has 1 atom stereocenters. The maximum Gasteiger partial charge on any atom is 0.223 e. The van der Waals surface area contributed by atoms with Gasteiger partial charge in [-0.3, -0.25) is 9.79 Å². The molecule has 1 heterocycles. The third-order valence-corrected chi connectivity index (χ3v) is 5.28. The minimum atomic E-state index is 0.226. The molecule has 5 heteroatoms. The molecule has 1 aromatic rings. The summed E-state index contributed by atoms with van der Waals surface area (Å²) in [7, 11) is 1.80. The Balaban J connectivity index is 1.73. The second-order valence-electron chi connectivity index (χ2n) is 9.21. The van der Waals surface area contributed by atoms with Crippen LogP contribution < -0.4 is 10.6 Å². The number of carbonyl (C=O) groups excluding carboxylic acids is 1. The SMILES string of the molecule is CN=C(NCC1CC(=O)N(CCc2ccccc2)C1)NCC(C)(C)CC(C)C. The van der Waals surface area contributed by atoms with Crippen molar-refractivity contribution in [1.29, 1.82) is 0 Å². The van der Waals surface area contributed by atoms with Crippen LogP contribution >= 0.6 is 0 Å². The number of nitrogens with one attached hydrogen (secondary N) is 2. The van der Waals surface area contributed by atoms with Crippen LogP contribution in [-0.4, -0.2) is 50.0 Å². The van der Waals surface area contributed by atoms with Gasteiger partial charge < -0.3 is 15.5 Å². The Kier molecular flexibility index (Phi) is 8.34. The summed E-state index contributed by atoms with van der Waals surface area (Å²) in [5, 5.41) is 6.86. The van der Waals surface area contributed by atoms with Gasteiger partial charge in [-0.2, -0.15) is 0 Å². The summed E-state index contributed by atoms with van der Waals surface area (Å²) < 4.78 is 0. The molecule has 0 aliphatic carbocycles. The number of hydrogen-bond donors (Lipinski definition) is 2. The van der Waals surface area contributed by atoms with Crippen molar-refractivity contribution in [3.63, 3.8) is 0 Å². The van der Waals surface area contributed by atoms with Crippen molar-refractivity contribution in [1.82, 2.24) is 15.5 Å². The number of amides is 1. The lowest BCUT2D eigenvalue weighted by Gasteiger charge is -2.28. The average molecular weight is 387 g/mol. The first kappa shape index (κ1) is 22.3. The number of benzene rings is 1. The molecular weight excluding hydrogens is 348 g/mol. The first-order valence-electron chi connectivity index (χ1n) is 10.6. The fraction of sp³-hybridized carbons (Fsp3) is 0.652. The Morgan fingerprint density at radius 3 is 2.61 bits per heavy atom. The van der Waals surface area contributed by atoms with Gasteiger partial charge in [0.25, 0.3) is 0 Å². The second kappa shape index (κ2) is 10.5. The van der Waals surface area contributed by atoms with Gasteiger partial charge >= 0.3 is 0 Å². The third kappa shape index (κ3) is 7.53. The molecule has 2 rings (SSSR count). The van der Waals surface area contributed by atoms with Crippen LogP contribution in [0, 0.1) is 17.3 Å². The number of guanidine groups is 1. The number of likely N-dealkylation sites (tertiary alicyclic amines) is 1. The Bertz CT molecular complexity index is 639. The standard InChI is InChI=1S/C23H38N4O/c1-18(2)14-23(3,4)17-26-22(24-5)25-15-20-13-21(28)27(16-20)12-11-19-9-7-6-8-10-19/h6-10,18,20H,11-17H2,1-5H3,(H2,24,25,26). The molecule has 0 spiro atoms. The molecule has 1 amide bonds. The first-order valence-corrected chi connectivity index (χ1v) is 10.6. The molecule has 1 unspecified atom stereocenters. The van der Waals surface area contributed by atoms with E-state index in [4.69, 9.17) is 0 Å². The molecule has 0 saturated carbocycles. The summed E-state index contributed by atoms with van der Waals surface area (Å²) in [6.07, 6.45) is 2.71. The Labute approximate surface area is 171 Å². The zero-order valence-electron chi connectivity index (χ0n) is 18.3. The van der Waals surface area contributed by atoms with Crippen LogP contribution in [0.1, 0.15) is 46.1 Å². The van der Waals surface area contributed by atoms with Crippen LogP contribution in [0.2, 0.25) is 0 Å². The molecule has 0 bridgehead atoms. The smallest absolute Gasteiger partial charge is 0.223 e. The lowest BCUT2D eigenvalue weighted by atomic mass is 9.84. The van der Waals surface area contributed by atoms with Gasteiger partial charge in [-0.25, -0.2) is 0 Å². The van der Waals surface area contributed by atoms with Crippen molar-refractivity contribution < 1.29 is 4.79 Å². The zero-order valence-corrected chi connectivity index (χ0v) is 18.3. The summed E-state index contributed by atoms with van der Waals surface area (Å²) in [5.74, 6) is 2.11. The van der Waals surface area contributed by atoms with Crippen molar-refractivity contribution in [2.45, 2.75) is 47.0 Å². The van der Waals surface area contributed by atoms with Gasteiger partial charge in [0.1, 0.15) is 0 Å². The van der Waals surface area contributed by atoms with E-state index in [1.54, 1.807) is 7.05 Å². The molecule has 1 fully saturated rings. The number of aliphatic imine (C=N–C) groups is 1. The predicted octanol–water partition coefficient (Wildman–Crippen LogP) is 3.31. The highest BCUT2D eigenvalue weighted by molar-refractivity contribution is 5.80. The zero-order chi connectivity index (χ0) is 20.6. The molecule has 1 aromatic carbocycles. The van der Waals surface area contributed by atoms with Crippen LogP contribution in [0.4, 0.5) is 0 Å². The highest BCUT2D eigenvalue weighted by Crippen LogP contribution is 2.24. The van der Waals surface area contributed by atoms with Gasteiger partial charge in [-0.15, -0.1) is 0 Å². The molecule has 156 valence electrons. The summed E-state index contributed by atoms with van der Waals surface area (Å²) in [6, 6.07) is 10.4. The minimum absolute atomic E-state index is 0.226. The van der Waals surface area contributed by atoms with Gasteiger partial charge in [-0.05, 0) is 29.7 Å². The highest BCUT2D eigenvalue weighted by atomic mass is 16.2. The van der Waals surface area contributed by atoms with Crippen molar-refractivity contribution in [3.05, 3.63) is 35.9 Å². The van der Waals surface area contributed by atoms with E-state index in [0.29, 0.717) is 18.3 Å². The lowest BCUT2D eigenvalue weighted by Crippen LogP contribution is -2.44. The molecule has 1 aliphatic rings. The molecule has 0 aromatic heterocycles. The fourth-order valence-corrected chi connectivity index (χ4v) is 4.08. The molecule has 2 N–H and O–H groups in total. The van der Waals surface area contributed by atoms with E-state index in [1.165, 1.54) is 12.0 Å². The molecule has 0 radical (unpaired) electrons. The van der Waals surface area contributed by atoms with Crippen molar-refractivity contribution in [2.24, 2.45) is 22.2 Å². The van der Waals surface area contributed by atoms with Crippen LogP contribution in [0.5, 0.6) is 0 Å². The molecule has 1 saturated heterocycles. The topological polar surface area (TPSA) is 56.7 Å². The van der Waals surface area contributed by atoms with Crippen LogP contribution in [0.15, 0.2) is 35.3 Å². The average Bonchev–Trinajstić information content (AvgIpc) is 2.99. The monoisotopic (exact) mass is 386 g/mol. The van der Waals surface area contributed by atoms with Crippen molar-refractivity contribution in [2.75, 3.05) is 33.2 Å². The van der Waals surface area contributed by atoms with E-state index in [9.17, 15) is 4.79 Å². The van der Waals surface area contributed by atoms with E-state index in [1.807, 2.05) is 11.0 Å². The molecule has 28 heavy (non-hydrogen) atoms. The summed E-state index contributed by atoms with van der Waals surface area (Å²) in [5.41, 5.74) is 1.51. The Morgan fingerprint density at radius 1 is 1.25 bits per heavy atom. The van der Waals surface area contributed by atoms with Gasteiger partial charge in [0.05, 0.1) is 0 Å². The molecule has 5 nitrogen and oxygen atoms in total. The van der Waals surface area contributed by atoms with Gasteiger partial charge in [0.2, 0.25) is 5.91 Å². The molecular formula is C23H38N4O. The third-order valence-electron chi connectivity index (χ3n) is 5.28. The number of rotatable bonds is 9. The maximum atomic E-state index is 12.3. The van der Waals surface area contributed by atoms with Gasteiger partial charge in [0, 0.05) is 45.6 Å². The van der Waals surface area contributed by atoms with Crippen molar-refractivity contribution in [3.8, 4) is 0 Å². The summed E-state index contributed by atoms with van der Waals surface area (Å²) in [4.78, 5) is 18.7. The number of hydrogen-bond acceptors (Lipinski definition) is 2. The first-order chi connectivity index (χ1) is 13.3. The largest absolute Gasteiger partial charge is 0.356 e. The minimum Gasteiger partial charge on any atom is -0.356 e. The van der Waals surface area contributed by atoms with Crippen molar-refractivity contribution >= 4 is 11.9 Å².